The van der Waals surface area contributed by atoms with Gasteiger partial charge in [-0.05, 0) is 30.3 Å². The number of carbonyl (C=O) groups excluding carboxylic acids is 1. The molecule has 2 aromatic rings. The molecule has 142 valence electrons. The first kappa shape index (κ1) is 19.0. The normalized spacial score (nSPS) is 19.2. The minimum Gasteiger partial charge on any atom is -0.496 e. The Hall–Kier alpha value is -2.81. The maximum atomic E-state index is 16.0. The van der Waals surface area contributed by atoms with Crippen molar-refractivity contribution in [1.82, 2.24) is 0 Å². The molecule has 5 nitrogen and oxygen atoms in total. The van der Waals surface area contributed by atoms with E-state index in [4.69, 9.17) is 16.3 Å². The number of anilines is 1. The van der Waals surface area contributed by atoms with Gasteiger partial charge >= 0.3 is 12.3 Å². The highest BCUT2D eigenvalue weighted by atomic mass is 35.5. The van der Waals surface area contributed by atoms with E-state index in [0.29, 0.717) is 12.1 Å². The van der Waals surface area contributed by atoms with E-state index < -0.39 is 46.2 Å². The molecular formula is C17H10ClF4NO4. The fraction of sp³-hybridized carbons (Fsp3) is 0.176. The van der Waals surface area contributed by atoms with E-state index in [1.54, 1.807) is 0 Å². The summed E-state index contributed by atoms with van der Waals surface area (Å²) in [6.45, 7) is 0. The largest absolute Gasteiger partial charge is 0.496 e. The van der Waals surface area contributed by atoms with Gasteiger partial charge in [-0.15, -0.1) is 0 Å². The lowest BCUT2D eigenvalue weighted by molar-refractivity contribution is -0.137. The quantitative estimate of drug-likeness (QED) is 0.744. The molecule has 1 atom stereocenters. The van der Waals surface area contributed by atoms with Gasteiger partial charge in [0.1, 0.15) is 5.75 Å². The number of halogens is 5. The predicted molar refractivity (Wildman–Crippen MR) is 86.8 cm³/mol. The summed E-state index contributed by atoms with van der Waals surface area (Å²) in [5.74, 6) is -1.70. The number of nitrogens with zero attached hydrogens (tertiary/aromatic N) is 1. The number of methoxy groups -OCH3 is 1. The van der Waals surface area contributed by atoms with Gasteiger partial charge in [0.05, 0.1) is 18.4 Å². The minimum absolute atomic E-state index is 0.0258. The average Bonchev–Trinajstić information content (AvgIpc) is 2.82. The molecule has 1 aliphatic rings. The summed E-state index contributed by atoms with van der Waals surface area (Å²) in [5.41, 5.74) is -5.99. The molecule has 0 spiro atoms. The molecule has 0 bridgehead atoms. The summed E-state index contributed by atoms with van der Waals surface area (Å²) in [4.78, 5) is 24.1. The van der Waals surface area contributed by atoms with E-state index in [1.165, 1.54) is 19.2 Å². The monoisotopic (exact) mass is 403 g/mol. The van der Waals surface area contributed by atoms with Crippen molar-refractivity contribution in [2.45, 2.75) is 11.8 Å². The van der Waals surface area contributed by atoms with Crippen LogP contribution in [0.2, 0.25) is 5.02 Å². The van der Waals surface area contributed by atoms with E-state index in [0.717, 1.165) is 12.1 Å². The predicted octanol–water partition coefficient (Wildman–Crippen LogP) is 4.61. The SMILES string of the molecule is COc1ccc(Cl)cc1C1(F)C(=O)N(C(=O)O)c2cc(C(F)(F)F)ccc21. The van der Waals surface area contributed by atoms with E-state index in [2.05, 4.69) is 0 Å². The van der Waals surface area contributed by atoms with E-state index in [9.17, 15) is 27.9 Å². The van der Waals surface area contributed by atoms with Crippen LogP contribution in [0.4, 0.5) is 28.0 Å². The second-order valence-corrected chi connectivity index (χ2v) is 6.09. The van der Waals surface area contributed by atoms with E-state index in [1.807, 2.05) is 0 Å². The highest BCUT2D eigenvalue weighted by Crippen LogP contribution is 2.51. The number of ether oxygens (including phenoxy) is 1. The van der Waals surface area contributed by atoms with Gasteiger partial charge in [-0.25, -0.2) is 14.1 Å². The van der Waals surface area contributed by atoms with Crippen molar-refractivity contribution in [3.05, 3.63) is 58.1 Å². The van der Waals surface area contributed by atoms with Crippen LogP contribution in [0.25, 0.3) is 0 Å². The Morgan fingerprint density at radius 1 is 1.19 bits per heavy atom. The maximum Gasteiger partial charge on any atom is 0.418 e. The lowest BCUT2D eigenvalue weighted by Gasteiger charge is -2.22. The average molecular weight is 404 g/mol. The number of fused-ring (bicyclic) bond motifs is 1. The number of rotatable bonds is 2. The van der Waals surface area contributed by atoms with Gasteiger partial charge in [-0.1, -0.05) is 17.7 Å². The Morgan fingerprint density at radius 2 is 1.85 bits per heavy atom. The van der Waals surface area contributed by atoms with Crippen molar-refractivity contribution >= 4 is 29.3 Å². The van der Waals surface area contributed by atoms with Crippen LogP contribution >= 0.6 is 11.6 Å². The lowest BCUT2D eigenvalue weighted by Crippen LogP contribution is -2.41. The van der Waals surface area contributed by atoms with Gasteiger partial charge in [-0.3, -0.25) is 4.79 Å². The highest BCUT2D eigenvalue weighted by molar-refractivity contribution is 6.31. The number of alkyl halides is 4. The minimum atomic E-state index is -4.81. The zero-order valence-corrected chi connectivity index (χ0v) is 14.2. The summed E-state index contributed by atoms with van der Waals surface area (Å²) in [6.07, 6.45) is -6.72. The fourth-order valence-corrected chi connectivity index (χ4v) is 3.13. The topological polar surface area (TPSA) is 66.8 Å². The molecule has 0 saturated carbocycles. The van der Waals surface area contributed by atoms with Gasteiger partial charge in [0.2, 0.25) is 5.67 Å². The molecular weight excluding hydrogens is 394 g/mol. The van der Waals surface area contributed by atoms with Crippen LogP contribution in [-0.4, -0.2) is 24.2 Å². The van der Waals surface area contributed by atoms with Crippen molar-refractivity contribution in [2.75, 3.05) is 12.0 Å². The van der Waals surface area contributed by atoms with E-state index >= 15 is 4.39 Å². The van der Waals surface area contributed by atoms with Gasteiger partial charge in [0.15, 0.2) is 0 Å². The molecule has 0 fully saturated rings. The Bertz CT molecular complexity index is 962. The summed E-state index contributed by atoms with van der Waals surface area (Å²) >= 11 is 5.86. The first-order valence-electron chi connectivity index (χ1n) is 7.34. The third-order valence-corrected chi connectivity index (χ3v) is 4.39. The van der Waals surface area contributed by atoms with Gasteiger partial charge in [-0.2, -0.15) is 13.2 Å². The van der Waals surface area contributed by atoms with Crippen molar-refractivity contribution in [1.29, 1.82) is 0 Å². The first-order valence-corrected chi connectivity index (χ1v) is 7.71. The molecule has 0 saturated heterocycles. The molecule has 27 heavy (non-hydrogen) atoms. The van der Waals surface area contributed by atoms with Crippen molar-refractivity contribution in [3.63, 3.8) is 0 Å². The Labute approximate surface area is 154 Å². The third kappa shape index (κ3) is 2.78. The number of amides is 2. The number of imide groups is 1. The van der Waals surface area contributed by atoms with Crippen LogP contribution in [0.3, 0.4) is 0 Å². The zero-order valence-electron chi connectivity index (χ0n) is 13.5. The van der Waals surface area contributed by atoms with Crippen LogP contribution in [0.5, 0.6) is 5.75 Å². The van der Waals surface area contributed by atoms with Gasteiger partial charge < -0.3 is 9.84 Å². The Kier molecular flexibility index (Phi) is 4.30. The van der Waals surface area contributed by atoms with Crippen LogP contribution in [0.15, 0.2) is 36.4 Å². The van der Waals surface area contributed by atoms with Crippen molar-refractivity contribution in [2.24, 2.45) is 0 Å². The van der Waals surface area contributed by atoms with Crippen LogP contribution in [-0.2, 0) is 16.6 Å². The maximum absolute atomic E-state index is 16.0. The third-order valence-electron chi connectivity index (χ3n) is 4.16. The van der Waals surface area contributed by atoms with Gasteiger partial charge in [0.25, 0.3) is 5.91 Å². The second-order valence-electron chi connectivity index (χ2n) is 5.66. The molecule has 3 rings (SSSR count). The summed E-state index contributed by atoms with van der Waals surface area (Å²) in [6, 6.07) is 5.40. The number of carbonyl (C=O) groups is 2. The molecule has 1 aliphatic heterocycles. The first-order chi connectivity index (χ1) is 12.5. The number of benzene rings is 2. The number of hydrogen-bond donors (Lipinski definition) is 1. The lowest BCUT2D eigenvalue weighted by atomic mass is 9.88. The van der Waals surface area contributed by atoms with Crippen LogP contribution in [0, 0.1) is 0 Å². The van der Waals surface area contributed by atoms with Crippen molar-refractivity contribution in [3.8, 4) is 5.75 Å². The molecule has 2 aromatic carbocycles. The Balaban J connectivity index is 2.33. The molecule has 0 aromatic heterocycles. The van der Waals surface area contributed by atoms with E-state index in [-0.39, 0.29) is 15.7 Å². The van der Waals surface area contributed by atoms with Crippen LogP contribution in [0.1, 0.15) is 16.7 Å². The molecule has 1 unspecified atom stereocenters. The molecule has 1 heterocycles. The Morgan fingerprint density at radius 3 is 2.41 bits per heavy atom. The summed E-state index contributed by atoms with van der Waals surface area (Å²) < 4.78 is 60.0. The fourth-order valence-electron chi connectivity index (χ4n) is 2.96. The van der Waals surface area contributed by atoms with Crippen molar-refractivity contribution < 1.29 is 37.0 Å². The van der Waals surface area contributed by atoms with Crippen LogP contribution < -0.4 is 9.64 Å². The molecule has 0 radical (unpaired) electrons. The zero-order chi connectivity index (χ0) is 20.1. The van der Waals surface area contributed by atoms with Gasteiger partial charge in [0, 0.05) is 16.1 Å². The molecule has 0 aliphatic carbocycles. The summed E-state index contributed by atoms with van der Waals surface area (Å²) in [7, 11) is 1.19. The smallest absolute Gasteiger partial charge is 0.418 e. The molecule has 2 amide bonds. The highest BCUT2D eigenvalue weighted by Gasteiger charge is 2.57. The summed E-state index contributed by atoms with van der Waals surface area (Å²) in [5, 5.41) is 9.31. The molecule has 10 heteroatoms. The second kappa shape index (κ2) is 6.12. The molecule has 1 N–H and O–H groups in total. The standard InChI is InChI=1S/C17H10ClF4NO4/c1-27-13-5-3-9(18)7-11(13)16(19)10-4-2-8(17(20,21)22)6-12(10)23(14(16)24)15(25)26/h2-7H,1H3,(H,25,26). The number of carboxylic acid groups (broad SMARTS) is 1. The number of hydrogen-bond acceptors (Lipinski definition) is 3.